The molecule has 0 spiro atoms. The van der Waals surface area contributed by atoms with E-state index >= 15 is 0 Å². The summed E-state index contributed by atoms with van der Waals surface area (Å²) in [5, 5.41) is 3.19. The number of benzene rings is 2. The lowest BCUT2D eigenvalue weighted by Crippen LogP contribution is -2.31. The van der Waals surface area contributed by atoms with Gasteiger partial charge in [0.25, 0.3) is 5.91 Å². The summed E-state index contributed by atoms with van der Waals surface area (Å²) in [5.41, 5.74) is 0.263. The van der Waals surface area contributed by atoms with E-state index in [4.69, 9.17) is 21.1 Å². The van der Waals surface area contributed by atoms with Gasteiger partial charge in [0.1, 0.15) is 11.5 Å². The first-order valence-electron chi connectivity index (χ1n) is 9.22. The Kier molecular flexibility index (Phi) is 6.66. The third-order valence-corrected chi connectivity index (χ3v) is 6.74. The van der Waals surface area contributed by atoms with Crippen molar-refractivity contribution >= 4 is 33.2 Å². The van der Waals surface area contributed by atoms with Crippen LogP contribution in [0.15, 0.2) is 47.4 Å². The Morgan fingerprint density at radius 3 is 2.55 bits per heavy atom. The van der Waals surface area contributed by atoms with E-state index in [9.17, 15) is 13.2 Å². The van der Waals surface area contributed by atoms with E-state index in [1.54, 1.807) is 31.2 Å². The summed E-state index contributed by atoms with van der Waals surface area (Å²) in [6, 6.07) is 11.1. The van der Waals surface area contributed by atoms with E-state index in [2.05, 4.69) is 5.32 Å². The minimum absolute atomic E-state index is 0.110. The van der Waals surface area contributed by atoms with Gasteiger partial charge >= 0.3 is 0 Å². The molecule has 0 radical (unpaired) electrons. The van der Waals surface area contributed by atoms with Gasteiger partial charge in [-0.3, -0.25) is 4.79 Å². The number of rotatable bonds is 7. The van der Waals surface area contributed by atoms with Crippen molar-refractivity contribution in [1.82, 2.24) is 4.31 Å². The molecule has 1 aliphatic heterocycles. The first-order chi connectivity index (χ1) is 13.8. The van der Waals surface area contributed by atoms with Crippen molar-refractivity contribution in [2.45, 2.75) is 30.8 Å². The zero-order chi connectivity index (χ0) is 21.0. The second kappa shape index (κ2) is 9.02. The number of methoxy groups -OCH3 is 1. The first-order valence-corrected chi connectivity index (χ1v) is 11.0. The summed E-state index contributed by atoms with van der Waals surface area (Å²) in [4.78, 5) is 12.7. The summed E-state index contributed by atoms with van der Waals surface area (Å²) in [7, 11) is -2.17. The fraction of sp³-hybridized carbons (Fsp3) is 0.350. The van der Waals surface area contributed by atoms with Crippen LogP contribution < -0.4 is 14.8 Å². The summed E-state index contributed by atoms with van der Waals surface area (Å²) < 4.78 is 38.0. The normalized spacial score (nSPS) is 15.7. The van der Waals surface area contributed by atoms with Gasteiger partial charge in [-0.15, -0.1) is 0 Å². The van der Waals surface area contributed by atoms with Gasteiger partial charge in [0.15, 0.2) is 6.10 Å². The molecule has 2 aromatic carbocycles. The molecule has 29 heavy (non-hydrogen) atoms. The standard InChI is InChI=1S/C20H23ClN2O5S/c1-14(28-16-7-5-6-15(21)12-16)20(24)22-18-13-17(8-9-19(18)27-2)29(25,26)23-10-3-4-11-23/h5-9,12-14H,3-4,10-11H2,1-2H3,(H,22,24). The topological polar surface area (TPSA) is 84.9 Å². The largest absolute Gasteiger partial charge is 0.495 e. The number of amides is 1. The van der Waals surface area contributed by atoms with Crippen molar-refractivity contribution in [3.63, 3.8) is 0 Å². The van der Waals surface area contributed by atoms with Crippen LogP contribution in [-0.2, 0) is 14.8 Å². The number of sulfonamides is 1. The molecule has 9 heteroatoms. The summed E-state index contributed by atoms with van der Waals surface area (Å²) in [5.74, 6) is 0.366. The summed E-state index contributed by atoms with van der Waals surface area (Å²) in [6.07, 6.45) is 0.853. The van der Waals surface area contributed by atoms with Crippen LogP contribution in [0.2, 0.25) is 5.02 Å². The Hall–Kier alpha value is -2.29. The summed E-state index contributed by atoms with van der Waals surface area (Å²) in [6.45, 7) is 2.59. The minimum atomic E-state index is -3.61. The van der Waals surface area contributed by atoms with Gasteiger partial charge in [0, 0.05) is 18.1 Å². The highest BCUT2D eigenvalue weighted by atomic mass is 35.5. The fourth-order valence-corrected chi connectivity index (χ4v) is 4.78. The van der Waals surface area contributed by atoms with Crippen molar-refractivity contribution in [2.75, 3.05) is 25.5 Å². The predicted molar refractivity (Wildman–Crippen MR) is 111 cm³/mol. The van der Waals surface area contributed by atoms with Crippen molar-refractivity contribution in [3.05, 3.63) is 47.5 Å². The Morgan fingerprint density at radius 2 is 1.90 bits per heavy atom. The van der Waals surface area contributed by atoms with Crippen molar-refractivity contribution in [2.24, 2.45) is 0 Å². The quantitative estimate of drug-likeness (QED) is 0.714. The van der Waals surface area contributed by atoms with E-state index in [0.29, 0.717) is 29.6 Å². The molecule has 156 valence electrons. The monoisotopic (exact) mass is 438 g/mol. The third kappa shape index (κ3) is 5.01. The van der Waals surface area contributed by atoms with Crippen molar-refractivity contribution < 1.29 is 22.7 Å². The molecule has 3 rings (SSSR count). The van der Waals surface area contributed by atoms with Crippen LogP contribution in [0.5, 0.6) is 11.5 Å². The average Bonchev–Trinajstić information content (AvgIpc) is 3.23. The van der Waals surface area contributed by atoms with Gasteiger partial charge in [-0.05, 0) is 56.2 Å². The Bertz CT molecular complexity index is 990. The van der Waals surface area contributed by atoms with Gasteiger partial charge < -0.3 is 14.8 Å². The van der Waals surface area contributed by atoms with Gasteiger partial charge in [-0.1, -0.05) is 17.7 Å². The zero-order valence-electron chi connectivity index (χ0n) is 16.2. The van der Waals surface area contributed by atoms with Gasteiger partial charge in [0.05, 0.1) is 17.7 Å². The molecule has 1 N–H and O–H groups in total. The smallest absolute Gasteiger partial charge is 0.265 e. The highest BCUT2D eigenvalue weighted by Crippen LogP contribution is 2.30. The molecule has 0 aromatic heterocycles. The van der Waals surface area contributed by atoms with Crippen LogP contribution in [0.1, 0.15) is 19.8 Å². The van der Waals surface area contributed by atoms with E-state index in [1.807, 2.05) is 0 Å². The number of ether oxygens (including phenoxy) is 2. The van der Waals surface area contributed by atoms with E-state index < -0.39 is 22.0 Å². The number of nitrogens with zero attached hydrogens (tertiary/aromatic N) is 1. The maximum atomic E-state index is 12.8. The molecule has 1 saturated heterocycles. The molecule has 2 aromatic rings. The SMILES string of the molecule is COc1ccc(S(=O)(=O)N2CCCC2)cc1NC(=O)C(C)Oc1cccc(Cl)c1. The molecule has 1 heterocycles. The molecule has 7 nitrogen and oxygen atoms in total. The fourth-order valence-electron chi connectivity index (χ4n) is 3.06. The second-order valence-electron chi connectivity index (χ2n) is 6.68. The molecular weight excluding hydrogens is 416 g/mol. The zero-order valence-corrected chi connectivity index (χ0v) is 17.8. The molecule has 0 saturated carbocycles. The third-order valence-electron chi connectivity index (χ3n) is 4.61. The number of nitrogens with one attached hydrogen (secondary N) is 1. The average molecular weight is 439 g/mol. The lowest BCUT2D eigenvalue weighted by atomic mass is 10.2. The maximum absolute atomic E-state index is 12.8. The maximum Gasteiger partial charge on any atom is 0.265 e. The molecule has 1 amide bonds. The van der Waals surface area contributed by atoms with Crippen molar-refractivity contribution in [3.8, 4) is 11.5 Å². The number of hydrogen-bond acceptors (Lipinski definition) is 5. The van der Waals surface area contributed by atoms with E-state index in [0.717, 1.165) is 12.8 Å². The van der Waals surface area contributed by atoms with Crippen LogP contribution in [0, 0.1) is 0 Å². The van der Waals surface area contributed by atoms with Crippen LogP contribution in [0.4, 0.5) is 5.69 Å². The number of halogens is 1. The van der Waals surface area contributed by atoms with Crippen LogP contribution in [0.25, 0.3) is 0 Å². The molecule has 1 fully saturated rings. The lowest BCUT2D eigenvalue weighted by molar-refractivity contribution is -0.122. The first kappa shape index (κ1) is 21.4. The minimum Gasteiger partial charge on any atom is -0.495 e. The van der Waals surface area contributed by atoms with Crippen molar-refractivity contribution in [1.29, 1.82) is 0 Å². The Labute approximate surface area is 175 Å². The number of anilines is 1. The predicted octanol–water partition coefficient (Wildman–Crippen LogP) is 3.54. The molecule has 1 unspecified atom stereocenters. The second-order valence-corrected chi connectivity index (χ2v) is 9.05. The van der Waals surface area contributed by atoms with Gasteiger partial charge in [-0.25, -0.2) is 8.42 Å². The van der Waals surface area contributed by atoms with E-state index in [1.165, 1.54) is 29.6 Å². The molecular formula is C20H23ClN2O5S. The summed E-state index contributed by atoms with van der Waals surface area (Å²) >= 11 is 5.93. The highest BCUT2D eigenvalue weighted by Gasteiger charge is 2.28. The van der Waals surface area contributed by atoms with Crippen LogP contribution >= 0.6 is 11.6 Å². The highest BCUT2D eigenvalue weighted by molar-refractivity contribution is 7.89. The molecule has 1 aliphatic rings. The Morgan fingerprint density at radius 1 is 1.17 bits per heavy atom. The Balaban J connectivity index is 1.79. The number of carbonyl (C=O) groups is 1. The van der Waals surface area contributed by atoms with Gasteiger partial charge in [0.2, 0.25) is 10.0 Å². The van der Waals surface area contributed by atoms with Gasteiger partial charge in [-0.2, -0.15) is 4.31 Å². The van der Waals surface area contributed by atoms with Crippen LogP contribution in [-0.4, -0.2) is 44.9 Å². The molecule has 1 atom stereocenters. The molecule has 0 bridgehead atoms. The molecule has 0 aliphatic carbocycles. The number of carbonyl (C=O) groups excluding carboxylic acids is 1. The van der Waals surface area contributed by atoms with Crippen LogP contribution in [0.3, 0.4) is 0 Å². The van der Waals surface area contributed by atoms with E-state index in [-0.39, 0.29) is 10.6 Å². The number of hydrogen-bond donors (Lipinski definition) is 1. The lowest BCUT2D eigenvalue weighted by Gasteiger charge is -2.19.